The minimum atomic E-state index is -0.328. The van der Waals surface area contributed by atoms with Crippen LogP contribution in [0.1, 0.15) is 22.6 Å². The van der Waals surface area contributed by atoms with Gasteiger partial charge in [0.25, 0.3) is 0 Å². The first-order valence-electron chi connectivity index (χ1n) is 7.32. The lowest BCUT2D eigenvalue weighted by Gasteiger charge is -2.19. The summed E-state index contributed by atoms with van der Waals surface area (Å²) in [6.07, 6.45) is 0.631. The Labute approximate surface area is 129 Å². The van der Waals surface area contributed by atoms with E-state index in [0.29, 0.717) is 12.2 Å². The zero-order valence-corrected chi connectivity index (χ0v) is 12.4. The van der Waals surface area contributed by atoms with E-state index in [0.717, 1.165) is 29.8 Å². The van der Waals surface area contributed by atoms with Gasteiger partial charge in [0.1, 0.15) is 0 Å². The third-order valence-electron chi connectivity index (χ3n) is 4.16. The lowest BCUT2D eigenvalue weighted by atomic mass is 9.87. The molecule has 0 spiro atoms. The Morgan fingerprint density at radius 3 is 2.68 bits per heavy atom. The molecule has 2 aromatic rings. The van der Waals surface area contributed by atoms with Gasteiger partial charge in [0.2, 0.25) is 0 Å². The summed E-state index contributed by atoms with van der Waals surface area (Å²) in [6.45, 7) is 1.50. The predicted octanol–water partition coefficient (Wildman–Crippen LogP) is 2.88. The molecule has 1 heterocycles. The highest BCUT2D eigenvalue weighted by molar-refractivity contribution is 5.59. The molecule has 0 saturated heterocycles. The number of hydrogen-bond donors (Lipinski definition) is 1. The van der Waals surface area contributed by atoms with Crippen LogP contribution in [0.15, 0.2) is 42.5 Å². The van der Waals surface area contributed by atoms with Crippen LogP contribution in [0.4, 0.5) is 5.69 Å². The summed E-state index contributed by atoms with van der Waals surface area (Å²) in [5.74, 6) is 0.445. The van der Waals surface area contributed by atoms with Crippen LogP contribution in [-0.2, 0) is 6.42 Å². The molecule has 0 amide bonds. The van der Waals surface area contributed by atoms with Crippen molar-refractivity contribution in [3.63, 3.8) is 0 Å². The summed E-state index contributed by atoms with van der Waals surface area (Å²) < 4.78 is 5.19. The number of hydrogen-bond acceptors (Lipinski definition) is 4. The van der Waals surface area contributed by atoms with Crippen molar-refractivity contribution in [2.75, 3.05) is 20.2 Å². The molecule has 0 radical (unpaired) electrons. The molecule has 0 aliphatic carbocycles. The van der Waals surface area contributed by atoms with Gasteiger partial charge in [-0.25, -0.2) is 0 Å². The highest BCUT2D eigenvalue weighted by Gasteiger charge is 2.29. The first kappa shape index (κ1) is 14.5. The maximum atomic E-state index is 11.5. The van der Waals surface area contributed by atoms with Gasteiger partial charge >= 0.3 is 5.69 Å². The Hall–Kier alpha value is -2.40. The Bertz CT molecular complexity index is 686. The van der Waals surface area contributed by atoms with Gasteiger partial charge in [0.05, 0.1) is 12.0 Å². The smallest absolute Gasteiger partial charge is 0.314 e. The zero-order chi connectivity index (χ0) is 15.5. The molecule has 1 N–H and O–H groups in total. The summed E-state index contributed by atoms with van der Waals surface area (Å²) in [5, 5.41) is 14.9. The minimum Gasteiger partial charge on any atom is -0.490 e. The quantitative estimate of drug-likeness (QED) is 0.699. The summed E-state index contributed by atoms with van der Waals surface area (Å²) in [4.78, 5) is 11.2. The van der Waals surface area contributed by atoms with Crippen molar-refractivity contribution in [1.82, 2.24) is 5.32 Å². The van der Waals surface area contributed by atoms with E-state index in [1.807, 2.05) is 24.3 Å². The van der Waals surface area contributed by atoms with Crippen LogP contribution in [-0.4, -0.2) is 25.1 Å². The van der Waals surface area contributed by atoms with Gasteiger partial charge in [0.15, 0.2) is 5.75 Å². The Morgan fingerprint density at radius 1 is 1.23 bits per heavy atom. The number of nitrogens with one attached hydrogen (secondary N) is 1. The molecule has 0 saturated carbocycles. The van der Waals surface area contributed by atoms with Crippen molar-refractivity contribution in [2.24, 2.45) is 0 Å². The van der Waals surface area contributed by atoms with E-state index >= 15 is 0 Å². The van der Waals surface area contributed by atoms with Gasteiger partial charge in [-0.15, -0.1) is 0 Å². The molecule has 5 heteroatoms. The third-order valence-corrected chi connectivity index (χ3v) is 4.16. The fourth-order valence-corrected chi connectivity index (χ4v) is 3.14. The molecule has 3 rings (SSSR count). The highest BCUT2D eigenvalue weighted by atomic mass is 16.6. The fourth-order valence-electron chi connectivity index (χ4n) is 3.14. The number of benzene rings is 2. The van der Waals surface area contributed by atoms with E-state index in [-0.39, 0.29) is 16.5 Å². The normalized spacial score (nSPS) is 17.4. The van der Waals surface area contributed by atoms with Crippen molar-refractivity contribution in [3.05, 3.63) is 69.3 Å². The summed E-state index contributed by atoms with van der Waals surface area (Å²) in [5.41, 5.74) is 3.06. The predicted molar refractivity (Wildman–Crippen MR) is 84.5 cm³/mol. The molecular formula is C17H18N2O3. The van der Waals surface area contributed by atoms with Crippen LogP contribution in [0, 0.1) is 10.1 Å². The monoisotopic (exact) mass is 298 g/mol. The maximum Gasteiger partial charge on any atom is 0.314 e. The van der Waals surface area contributed by atoms with E-state index < -0.39 is 0 Å². The van der Waals surface area contributed by atoms with Crippen LogP contribution in [0.3, 0.4) is 0 Å². The largest absolute Gasteiger partial charge is 0.490 e. The Balaban J connectivity index is 2.18. The van der Waals surface area contributed by atoms with Crippen molar-refractivity contribution >= 4 is 5.69 Å². The van der Waals surface area contributed by atoms with Crippen molar-refractivity contribution in [3.8, 4) is 5.75 Å². The molecule has 114 valence electrons. The summed E-state index contributed by atoms with van der Waals surface area (Å²) in [7, 11) is 1.47. The van der Waals surface area contributed by atoms with Gasteiger partial charge in [-0.05, 0) is 30.2 Å². The van der Waals surface area contributed by atoms with Gasteiger partial charge < -0.3 is 10.1 Å². The Morgan fingerprint density at radius 2 is 2.00 bits per heavy atom. The molecule has 2 aromatic carbocycles. The number of nitrogens with zero attached hydrogens (tertiary/aromatic N) is 1. The van der Waals surface area contributed by atoms with Crippen LogP contribution < -0.4 is 10.1 Å². The second-order valence-corrected chi connectivity index (χ2v) is 5.36. The molecule has 0 fully saturated rings. The van der Waals surface area contributed by atoms with Crippen LogP contribution in [0.5, 0.6) is 5.75 Å². The lowest BCUT2D eigenvalue weighted by Crippen LogP contribution is -2.20. The maximum absolute atomic E-state index is 11.5. The first-order chi connectivity index (χ1) is 10.7. The first-order valence-corrected chi connectivity index (χ1v) is 7.32. The topological polar surface area (TPSA) is 64.4 Å². The molecule has 1 unspecified atom stereocenters. The van der Waals surface area contributed by atoms with Crippen molar-refractivity contribution in [2.45, 2.75) is 12.3 Å². The van der Waals surface area contributed by atoms with Gasteiger partial charge in [-0.3, -0.25) is 10.1 Å². The van der Waals surface area contributed by atoms with Crippen molar-refractivity contribution < 1.29 is 9.66 Å². The molecule has 5 nitrogen and oxygen atoms in total. The van der Waals surface area contributed by atoms with Gasteiger partial charge in [-0.1, -0.05) is 36.4 Å². The molecule has 0 aromatic heterocycles. The average Bonchev–Trinajstić information content (AvgIpc) is 2.76. The molecule has 22 heavy (non-hydrogen) atoms. The van der Waals surface area contributed by atoms with Gasteiger partial charge in [-0.2, -0.15) is 0 Å². The second-order valence-electron chi connectivity index (χ2n) is 5.36. The summed E-state index contributed by atoms with van der Waals surface area (Å²) in [6, 6.07) is 13.8. The lowest BCUT2D eigenvalue weighted by molar-refractivity contribution is -0.386. The third kappa shape index (κ3) is 2.55. The molecular weight excluding hydrogens is 280 g/mol. The van der Waals surface area contributed by atoms with E-state index in [9.17, 15) is 10.1 Å². The number of nitro groups is 1. The SMILES string of the molecule is COc1ccc2c(c1[N+](=O)[O-])CCNCC2c1ccccc1. The number of methoxy groups -OCH3 is 1. The number of fused-ring (bicyclic) bond motifs is 1. The molecule has 1 aliphatic heterocycles. The zero-order valence-electron chi connectivity index (χ0n) is 12.4. The van der Waals surface area contributed by atoms with E-state index in [2.05, 4.69) is 17.4 Å². The second kappa shape index (κ2) is 6.15. The minimum absolute atomic E-state index is 0.102. The standard InChI is InChI=1S/C17H18N2O3/c1-22-16-8-7-13-14(17(16)19(20)21)9-10-18-11-15(13)12-5-3-2-4-6-12/h2-8,15,18H,9-11H2,1H3. The highest BCUT2D eigenvalue weighted by Crippen LogP contribution is 2.39. The van der Waals surface area contributed by atoms with Crippen LogP contribution in [0.25, 0.3) is 0 Å². The van der Waals surface area contributed by atoms with Crippen molar-refractivity contribution in [1.29, 1.82) is 0 Å². The van der Waals surface area contributed by atoms with Crippen LogP contribution >= 0.6 is 0 Å². The summed E-state index contributed by atoms with van der Waals surface area (Å²) >= 11 is 0. The number of rotatable bonds is 3. The van der Waals surface area contributed by atoms with E-state index in [4.69, 9.17) is 4.74 Å². The number of nitro benzene ring substituents is 1. The average molecular weight is 298 g/mol. The molecule has 1 atom stereocenters. The fraction of sp³-hybridized carbons (Fsp3) is 0.294. The molecule has 0 bridgehead atoms. The van der Waals surface area contributed by atoms with E-state index in [1.54, 1.807) is 6.07 Å². The van der Waals surface area contributed by atoms with Crippen LogP contribution in [0.2, 0.25) is 0 Å². The molecule has 1 aliphatic rings. The van der Waals surface area contributed by atoms with E-state index in [1.165, 1.54) is 7.11 Å². The van der Waals surface area contributed by atoms with Gasteiger partial charge in [0, 0.05) is 18.0 Å². The Kier molecular flexibility index (Phi) is 4.06. The number of ether oxygens (including phenoxy) is 1.